The van der Waals surface area contributed by atoms with E-state index < -0.39 is 0 Å². The van der Waals surface area contributed by atoms with Crippen LogP contribution in [-0.2, 0) is 9.53 Å². The summed E-state index contributed by atoms with van der Waals surface area (Å²) in [4.78, 5) is 9.60. The van der Waals surface area contributed by atoms with Gasteiger partial charge in [0.25, 0.3) is 6.47 Å². The van der Waals surface area contributed by atoms with Crippen molar-refractivity contribution in [2.45, 2.75) is 26.4 Å². The molecule has 0 aromatic heterocycles. The Bertz CT molecular complexity index is 65.3. The molecule has 0 heterocycles. The first-order chi connectivity index (χ1) is 3.06. The van der Waals surface area contributed by atoms with Gasteiger partial charge in [-0.25, -0.2) is 0 Å². The fourth-order valence-corrected chi connectivity index (χ4v) is 0.144. The van der Waals surface area contributed by atoms with E-state index in [1.807, 2.05) is 20.8 Å². The van der Waals surface area contributed by atoms with Crippen LogP contribution in [0.5, 0.6) is 0 Å². The SMILES string of the molecule is CC(C)(C)OC=O.[Ar]. The Labute approximate surface area is 79.6 Å². The molecule has 0 saturated heterocycles. The Hall–Kier alpha value is 0.730. The Kier molecular flexibility index (Phi) is 6.61. The predicted molar refractivity (Wildman–Crippen MR) is 26.9 cm³/mol. The summed E-state index contributed by atoms with van der Waals surface area (Å²) in [6.07, 6.45) is 0. The van der Waals surface area contributed by atoms with Crippen molar-refractivity contribution in [1.29, 1.82) is 0 Å². The van der Waals surface area contributed by atoms with E-state index in [4.69, 9.17) is 0 Å². The van der Waals surface area contributed by atoms with Crippen LogP contribution in [-0.4, -0.2) is 12.1 Å². The standard InChI is InChI=1S/C5H10O2.Ar/c1-5(2,3)7-4-6;/h4H,1-3H3;. The van der Waals surface area contributed by atoms with Crippen molar-refractivity contribution in [2.24, 2.45) is 0 Å². The van der Waals surface area contributed by atoms with Crippen LogP contribution in [0.15, 0.2) is 0 Å². The Morgan fingerprint density at radius 2 is 1.75 bits per heavy atom. The first-order valence-electron chi connectivity index (χ1n) is 2.18. The van der Waals surface area contributed by atoms with Crippen molar-refractivity contribution in [1.82, 2.24) is 0 Å². The summed E-state index contributed by atoms with van der Waals surface area (Å²) in [6, 6.07) is 0. The molecule has 0 bridgehead atoms. The van der Waals surface area contributed by atoms with Gasteiger partial charge in [-0.15, -0.1) is 0 Å². The van der Waals surface area contributed by atoms with E-state index in [0.717, 1.165) is 0 Å². The third kappa shape index (κ3) is 9.88. The largest absolute Gasteiger partial charge is 0.462 e. The van der Waals surface area contributed by atoms with Crippen molar-refractivity contribution in [3.8, 4) is 0 Å². The molecule has 0 rings (SSSR count). The normalized spacial score (nSPS) is 9.38. The van der Waals surface area contributed by atoms with E-state index in [-0.39, 0.29) is 43.3 Å². The van der Waals surface area contributed by atoms with Crippen LogP contribution in [0, 0.1) is 37.7 Å². The summed E-state index contributed by atoms with van der Waals surface area (Å²) in [6.45, 7) is 5.92. The molecular weight excluding hydrogens is 132 g/mol. The second-order valence-corrected chi connectivity index (χ2v) is 2.33. The minimum Gasteiger partial charge on any atom is -0.462 e. The zero-order valence-corrected chi connectivity index (χ0v) is 5.95. The molecule has 0 fully saturated rings. The maximum atomic E-state index is 9.60. The third-order valence-corrected chi connectivity index (χ3v) is 0.402. The number of hydrogen-bond acceptors (Lipinski definition) is 2. The van der Waals surface area contributed by atoms with E-state index in [0.29, 0.717) is 6.47 Å². The van der Waals surface area contributed by atoms with Crippen LogP contribution >= 0.6 is 0 Å². The summed E-state index contributed by atoms with van der Waals surface area (Å²) >= 11 is 0. The van der Waals surface area contributed by atoms with Crippen LogP contribution in [0.1, 0.15) is 20.8 Å². The molecule has 8 heavy (non-hydrogen) atoms. The summed E-state index contributed by atoms with van der Waals surface area (Å²) in [7, 11) is 0. The van der Waals surface area contributed by atoms with Crippen molar-refractivity contribution in [2.75, 3.05) is 0 Å². The number of carbonyl (C=O) groups is 1. The topological polar surface area (TPSA) is 26.3 Å². The summed E-state index contributed by atoms with van der Waals surface area (Å²) < 4.78 is 4.55. The van der Waals surface area contributed by atoms with Gasteiger partial charge >= 0.3 is 0 Å². The molecular formula is C5H10ArO2. The predicted octanol–water partition coefficient (Wildman–Crippen LogP) is 0.958. The fourth-order valence-electron chi connectivity index (χ4n) is 0.144. The summed E-state index contributed by atoms with van der Waals surface area (Å²) in [5.74, 6) is 0. The Morgan fingerprint density at radius 3 is 1.75 bits per heavy atom. The van der Waals surface area contributed by atoms with Gasteiger partial charge in [-0.2, -0.15) is 0 Å². The molecule has 0 saturated carbocycles. The fraction of sp³-hybridized carbons (Fsp3) is 0.800. The number of ether oxygens (including phenoxy) is 1. The molecule has 0 aromatic rings. The summed E-state index contributed by atoms with van der Waals surface area (Å²) in [5.41, 5.74) is -0.318. The second kappa shape index (κ2) is 4.59. The van der Waals surface area contributed by atoms with Crippen molar-refractivity contribution >= 4 is 6.47 Å². The summed E-state index contributed by atoms with van der Waals surface area (Å²) in [5, 5.41) is 0. The zero-order valence-electron chi connectivity index (χ0n) is 5.25. The molecule has 2 nitrogen and oxygen atoms in total. The molecule has 0 atom stereocenters. The average Bonchev–Trinajstić information content (AvgIpc) is 1.30. The molecule has 0 radical (unpaired) electrons. The molecule has 0 aliphatic heterocycles. The molecule has 0 aromatic carbocycles. The van der Waals surface area contributed by atoms with Crippen LogP contribution in [0.2, 0.25) is 0 Å². The van der Waals surface area contributed by atoms with Gasteiger partial charge in [-0.1, -0.05) is 0 Å². The number of carbonyl (C=O) groups excluding carboxylic acids is 1. The molecule has 0 amide bonds. The molecule has 0 unspecified atom stereocenters. The van der Waals surface area contributed by atoms with Gasteiger partial charge in [0, 0.05) is 37.7 Å². The molecule has 3 heteroatoms. The van der Waals surface area contributed by atoms with Gasteiger partial charge in [0.1, 0.15) is 5.60 Å². The molecule has 0 aliphatic carbocycles. The molecule has 0 spiro atoms. The first kappa shape index (κ1) is 11.5. The Balaban J connectivity index is 0. The minimum atomic E-state index is -0.318. The van der Waals surface area contributed by atoms with Crippen molar-refractivity contribution in [3.63, 3.8) is 0 Å². The van der Waals surface area contributed by atoms with Crippen LogP contribution in [0.3, 0.4) is 0 Å². The van der Waals surface area contributed by atoms with Gasteiger partial charge in [0.15, 0.2) is 0 Å². The van der Waals surface area contributed by atoms with Gasteiger partial charge < -0.3 is 4.74 Å². The van der Waals surface area contributed by atoms with Gasteiger partial charge in [-0.3, -0.25) is 4.79 Å². The van der Waals surface area contributed by atoms with Crippen molar-refractivity contribution < 1.29 is 47.3 Å². The van der Waals surface area contributed by atoms with Gasteiger partial charge in [0.05, 0.1) is 0 Å². The van der Waals surface area contributed by atoms with Gasteiger partial charge in [0.2, 0.25) is 0 Å². The number of hydrogen-bond donors (Lipinski definition) is 0. The van der Waals surface area contributed by atoms with E-state index in [1.54, 1.807) is 0 Å². The van der Waals surface area contributed by atoms with Crippen LogP contribution < -0.4 is 0 Å². The first-order valence-corrected chi connectivity index (χ1v) is 2.18. The second-order valence-electron chi connectivity index (χ2n) is 2.33. The van der Waals surface area contributed by atoms with Crippen molar-refractivity contribution in [3.05, 3.63) is 0 Å². The quantitative estimate of drug-likeness (QED) is 0.509. The van der Waals surface area contributed by atoms with Gasteiger partial charge in [-0.05, 0) is 20.8 Å². The average molecular weight is 142 g/mol. The molecule has 0 N–H and O–H groups in total. The monoisotopic (exact) mass is 142 g/mol. The smallest absolute Gasteiger partial charge is 0.293 e. The Morgan fingerprint density at radius 1 is 1.38 bits per heavy atom. The molecule has 0 aliphatic rings. The van der Waals surface area contributed by atoms with E-state index in [2.05, 4.69) is 4.74 Å². The van der Waals surface area contributed by atoms with E-state index in [9.17, 15) is 4.79 Å². The maximum absolute atomic E-state index is 9.60. The zero-order chi connectivity index (χ0) is 5.91. The van der Waals surface area contributed by atoms with E-state index >= 15 is 0 Å². The van der Waals surface area contributed by atoms with Crippen LogP contribution in [0.4, 0.5) is 0 Å². The number of rotatable bonds is 1. The van der Waals surface area contributed by atoms with Crippen LogP contribution in [0.25, 0.3) is 0 Å². The maximum Gasteiger partial charge on any atom is 0.293 e. The molecule has 50 valence electrons. The minimum absolute atomic E-state index is 0. The van der Waals surface area contributed by atoms with E-state index in [1.165, 1.54) is 0 Å². The third-order valence-electron chi connectivity index (χ3n) is 0.402.